The minimum absolute atomic E-state index is 0.0673. The smallest absolute Gasteiger partial charge is 0.332 e. The fourth-order valence-electron chi connectivity index (χ4n) is 1.65. The van der Waals surface area contributed by atoms with Gasteiger partial charge in [0.1, 0.15) is 12.3 Å². The molecule has 0 bridgehead atoms. The van der Waals surface area contributed by atoms with Gasteiger partial charge in [0.15, 0.2) is 5.13 Å². The minimum Gasteiger partial charge on any atom is -0.466 e. The second kappa shape index (κ2) is 6.90. The van der Waals surface area contributed by atoms with E-state index >= 15 is 0 Å². The summed E-state index contributed by atoms with van der Waals surface area (Å²) in [5.41, 5.74) is 6.89. The number of carbonyl (C=O) groups excluding carboxylic acids is 2. The molecule has 116 valence electrons. The number of methoxy groups -OCH3 is 1. The van der Waals surface area contributed by atoms with Crippen LogP contribution in [-0.4, -0.2) is 30.6 Å². The Labute approximate surface area is 130 Å². The number of allylic oxidation sites excluding steroid dienone is 1. The molecule has 3 N–H and O–H groups in total. The molecule has 2 aromatic rings. The third kappa shape index (κ3) is 4.19. The van der Waals surface area contributed by atoms with Gasteiger partial charge in [-0.2, -0.15) is 0 Å². The van der Waals surface area contributed by atoms with Crippen LogP contribution in [0.5, 0.6) is 5.75 Å². The van der Waals surface area contributed by atoms with Crippen molar-refractivity contribution in [1.82, 2.24) is 10.3 Å². The van der Waals surface area contributed by atoms with Crippen molar-refractivity contribution in [3.8, 4) is 5.75 Å². The molecule has 0 aliphatic carbocycles. The summed E-state index contributed by atoms with van der Waals surface area (Å²) >= 11 is 1.32. The molecule has 0 spiro atoms. The van der Waals surface area contributed by atoms with Gasteiger partial charge >= 0.3 is 11.9 Å². The Morgan fingerprint density at radius 2 is 2.23 bits per heavy atom. The molecular weight excluding hydrogens is 306 g/mol. The molecule has 1 heterocycles. The Balaban J connectivity index is 1.93. The van der Waals surface area contributed by atoms with E-state index < -0.39 is 11.9 Å². The molecule has 0 saturated heterocycles. The van der Waals surface area contributed by atoms with Crippen LogP contribution in [0, 0.1) is 0 Å². The van der Waals surface area contributed by atoms with Crippen molar-refractivity contribution < 1.29 is 19.1 Å². The van der Waals surface area contributed by atoms with Gasteiger partial charge in [0.05, 0.1) is 17.3 Å². The average molecular weight is 321 g/mol. The summed E-state index contributed by atoms with van der Waals surface area (Å²) < 4.78 is 10.5. The van der Waals surface area contributed by atoms with Crippen LogP contribution in [0.2, 0.25) is 0 Å². The van der Waals surface area contributed by atoms with Crippen LogP contribution in [0.25, 0.3) is 10.2 Å². The third-order valence-electron chi connectivity index (χ3n) is 2.66. The number of fused-ring (bicyclic) bond motifs is 1. The van der Waals surface area contributed by atoms with E-state index in [-0.39, 0.29) is 6.54 Å². The van der Waals surface area contributed by atoms with E-state index in [2.05, 4.69) is 15.0 Å². The fourth-order valence-corrected chi connectivity index (χ4v) is 2.41. The van der Waals surface area contributed by atoms with E-state index in [1.165, 1.54) is 24.5 Å². The van der Waals surface area contributed by atoms with Gasteiger partial charge in [-0.15, -0.1) is 0 Å². The van der Waals surface area contributed by atoms with Gasteiger partial charge in [-0.25, -0.2) is 14.6 Å². The number of rotatable bonds is 5. The van der Waals surface area contributed by atoms with Crippen molar-refractivity contribution in [2.24, 2.45) is 0 Å². The number of benzene rings is 1. The normalized spacial score (nSPS) is 11.3. The first-order valence-corrected chi connectivity index (χ1v) is 7.16. The van der Waals surface area contributed by atoms with Gasteiger partial charge in [-0.05, 0) is 19.1 Å². The van der Waals surface area contributed by atoms with E-state index in [4.69, 9.17) is 10.5 Å². The quantitative estimate of drug-likeness (QED) is 0.488. The number of carbonyl (C=O) groups is 2. The van der Waals surface area contributed by atoms with Crippen molar-refractivity contribution in [1.29, 1.82) is 0 Å². The Hall–Kier alpha value is -2.61. The van der Waals surface area contributed by atoms with E-state index in [0.29, 0.717) is 16.6 Å². The van der Waals surface area contributed by atoms with Gasteiger partial charge in [0, 0.05) is 17.8 Å². The largest absolute Gasteiger partial charge is 0.466 e. The van der Waals surface area contributed by atoms with Crippen molar-refractivity contribution in [3.63, 3.8) is 0 Å². The van der Waals surface area contributed by atoms with Crippen molar-refractivity contribution in [3.05, 3.63) is 30.0 Å². The number of nitrogen functional groups attached to an aromatic ring is 1. The molecule has 0 unspecified atom stereocenters. The number of aromatic nitrogens is 1. The van der Waals surface area contributed by atoms with Crippen molar-refractivity contribution in [2.45, 2.75) is 6.92 Å². The second-order valence-corrected chi connectivity index (χ2v) is 5.42. The topological polar surface area (TPSA) is 104 Å². The summed E-state index contributed by atoms with van der Waals surface area (Å²) in [6.45, 7) is 1.58. The van der Waals surface area contributed by atoms with E-state index in [1.807, 2.05) is 0 Å². The molecule has 22 heavy (non-hydrogen) atoms. The predicted octanol–water partition coefficient (Wildman–Crippen LogP) is 1.45. The summed E-state index contributed by atoms with van der Waals surface area (Å²) in [6, 6.07) is 5.09. The maximum atomic E-state index is 11.7. The van der Waals surface area contributed by atoms with Crippen LogP contribution in [0.1, 0.15) is 6.92 Å². The maximum absolute atomic E-state index is 11.7. The molecule has 1 aromatic carbocycles. The number of thiazole rings is 1. The number of nitrogens with two attached hydrogens (primary N) is 1. The number of ether oxygens (including phenoxy) is 2. The molecule has 2 rings (SSSR count). The number of hydrogen-bond acceptors (Lipinski definition) is 8. The summed E-state index contributed by atoms with van der Waals surface area (Å²) in [6.07, 6.45) is 1.25. The molecule has 7 nitrogen and oxygen atoms in total. The summed E-state index contributed by atoms with van der Waals surface area (Å²) in [5, 5.41) is 3.23. The van der Waals surface area contributed by atoms with E-state index in [9.17, 15) is 9.59 Å². The highest BCUT2D eigenvalue weighted by molar-refractivity contribution is 7.22. The first-order valence-electron chi connectivity index (χ1n) is 6.35. The highest BCUT2D eigenvalue weighted by Gasteiger charge is 2.08. The van der Waals surface area contributed by atoms with Crippen LogP contribution in [0.15, 0.2) is 30.0 Å². The summed E-state index contributed by atoms with van der Waals surface area (Å²) in [5.74, 6) is -0.557. The van der Waals surface area contributed by atoms with Gasteiger partial charge < -0.3 is 20.5 Å². The standard InChI is InChI=1S/C14H15N3O4S/c1-8(5-12(18)20-2)16-7-13(19)21-9-3-4-10-11(6-9)22-14(15)17-10/h3-6,16H,7H2,1-2H3,(H2,15,17). The van der Waals surface area contributed by atoms with E-state index in [0.717, 1.165) is 10.2 Å². The lowest BCUT2D eigenvalue weighted by Crippen LogP contribution is -2.25. The lowest BCUT2D eigenvalue weighted by atomic mass is 10.3. The number of nitrogens with zero attached hydrogens (tertiary/aromatic N) is 1. The third-order valence-corrected chi connectivity index (χ3v) is 3.50. The lowest BCUT2D eigenvalue weighted by Gasteiger charge is -2.07. The molecule has 0 aliphatic heterocycles. The Kier molecular flexibility index (Phi) is 4.95. The van der Waals surface area contributed by atoms with Gasteiger partial charge in [0.25, 0.3) is 0 Å². The van der Waals surface area contributed by atoms with Crippen LogP contribution in [-0.2, 0) is 14.3 Å². The van der Waals surface area contributed by atoms with Crippen LogP contribution >= 0.6 is 11.3 Å². The summed E-state index contributed by atoms with van der Waals surface area (Å²) in [7, 11) is 1.28. The molecule has 0 fully saturated rings. The molecule has 0 radical (unpaired) electrons. The number of hydrogen-bond donors (Lipinski definition) is 2. The number of anilines is 1. The molecule has 0 aliphatic rings. The second-order valence-electron chi connectivity index (χ2n) is 4.36. The monoisotopic (exact) mass is 321 g/mol. The van der Waals surface area contributed by atoms with Crippen molar-refractivity contribution in [2.75, 3.05) is 19.4 Å². The zero-order valence-corrected chi connectivity index (χ0v) is 12.9. The van der Waals surface area contributed by atoms with Crippen molar-refractivity contribution >= 4 is 38.6 Å². The highest BCUT2D eigenvalue weighted by Crippen LogP contribution is 2.27. The maximum Gasteiger partial charge on any atom is 0.332 e. The van der Waals surface area contributed by atoms with Gasteiger partial charge in [0.2, 0.25) is 0 Å². The van der Waals surface area contributed by atoms with Crippen LogP contribution in [0.3, 0.4) is 0 Å². The molecule has 1 aromatic heterocycles. The van der Waals surface area contributed by atoms with Gasteiger partial charge in [-0.1, -0.05) is 11.3 Å². The number of esters is 2. The van der Waals surface area contributed by atoms with E-state index in [1.54, 1.807) is 25.1 Å². The predicted molar refractivity (Wildman–Crippen MR) is 83.4 cm³/mol. The fraction of sp³-hybridized carbons (Fsp3) is 0.214. The molecule has 8 heteroatoms. The molecule has 0 saturated carbocycles. The lowest BCUT2D eigenvalue weighted by molar-refractivity contribution is -0.135. The summed E-state index contributed by atoms with van der Waals surface area (Å²) in [4.78, 5) is 26.9. The first kappa shape index (κ1) is 15.8. The minimum atomic E-state index is -0.494. The van der Waals surface area contributed by atoms with Crippen LogP contribution in [0.4, 0.5) is 5.13 Å². The Bertz CT molecular complexity index is 739. The average Bonchev–Trinajstić information content (AvgIpc) is 2.84. The molecule has 0 atom stereocenters. The number of nitrogens with one attached hydrogen (secondary N) is 1. The zero-order valence-electron chi connectivity index (χ0n) is 12.1. The highest BCUT2D eigenvalue weighted by atomic mass is 32.1. The SMILES string of the molecule is COC(=O)C=C(C)NCC(=O)Oc1ccc2nc(N)sc2c1. The first-order chi connectivity index (χ1) is 10.5. The Morgan fingerprint density at radius 3 is 2.95 bits per heavy atom. The Morgan fingerprint density at radius 1 is 1.45 bits per heavy atom. The zero-order chi connectivity index (χ0) is 16.1. The van der Waals surface area contributed by atoms with Gasteiger partial charge in [-0.3, -0.25) is 0 Å². The molecule has 0 amide bonds. The molecular formula is C14H15N3O4S. The van der Waals surface area contributed by atoms with Crippen LogP contribution < -0.4 is 15.8 Å².